The van der Waals surface area contributed by atoms with Gasteiger partial charge in [-0.2, -0.15) is 0 Å². The topological polar surface area (TPSA) is 79.0 Å². The zero-order chi connectivity index (χ0) is 24.2. The second-order valence-corrected chi connectivity index (χ2v) is 8.98. The Balaban J connectivity index is 1.60. The molecule has 0 saturated carbocycles. The summed E-state index contributed by atoms with van der Waals surface area (Å²) in [6.45, 7) is 6.34. The second kappa shape index (κ2) is 10.3. The van der Waals surface area contributed by atoms with Gasteiger partial charge in [0, 0.05) is 19.5 Å². The number of ether oxygens (including phenoxy) is 1. The van der Waals surface area contributed by atoms with Crippen LogP contribution in [0, 0.1) is 0 Å². The number of carbonyl (C=O) groups excluding carboxylic acids is 3. The summed E-state index contributed by atoms with van der Waals surface area (Å²) in [6.07, 6.45) is 1.79. The monoisotopic (exact) mass is 463 g/mol. The Morgan fingerprint density at radius 1 is 1.06 bits per heavy atom. The number of hydrogen-bond acceptors (Lipinski definition) is 4. The Morgan fingerprint density at radius 2 is 1.76 bits per heavy atom. The number of nitrogens with zero attached hydrogens (tertiary/aromatic N) is 2. The van der Waals surface area contributed by atoms with Crippen molar-refractivity contribution in [3.8, 4) is 5.75 Å². The van der Waals surface area contributed by atoms with E-state index in [4.69, 9.17) is 4.74 Å². The number of benzene rings is 2. The molecule has 1 N–H and O–H groups in total. The fourth-order valence-electron chi connectivity index (χ4n) is 4.92. The molecule has 7 heteroatoms. The number of hydrogen-bond donors (Lipinski definition) is 1. The molecule has 2 unspecified atom stereocenters. The highest BCUT2D eigenvalue weighted by atomic mass is 16.5. The van der Waals surface area contributed by atoms with Gasteiger partial charge in [-0.1, -0.05) is 50.2 Å². The number of nitrogens with one attached hydrogen (secondary N) is 1. The third kappa shape index (κ3) is 4.79. The summed E-state index contributed by atoms with van der Waals surface area (Å²) in [4.78, 5) is 42.5. The van der Waals surface area contributed by atoms with Gasteiger partial charge in [-0.25, -0.2) is 0 Å². The van der Waals surface area contributed by atoms with E-state index in [1.165, 1.54) is 5.56 Å². The minimum atomic E-state index is -0.790. The van der Waals surface area contributed by atoms with Crippen molar-refractivity contribution in [3.63, 3.8) is 0 Å². The second-order valence-electron chi connectivity index (χ2n) is 8.98. The number of amides is 3. The first-order valence-corrected chi connectivity index (χ1v) is 12.1. The average Bonchev–Trinajstić information content (AvgIpc) is 2.86. The zero-order valence-corrected chi connectivity index (χ0v) is 20.1. The lowest BCUT2D eigenvalue weighted by Gasteiger charge is -2.39. The van der Waals surface area contributed by atoms with Crippen molar-refractivity contribution in [1.82, 2.24) is 10.2 Å². The van der Waals surface area contributed by atoms with Gasteiger partial charge in [0.15, 0.2) is 6.10 Å². The number of anilines is 1. The van der Waals surface area contributed by atoms with Gasteiger partial charge in [-0.05, 0) is 42.5 Å². The predicted octanol–water partition coefficient (Wildman–Crippen LogP) is 3.62. The third-order valence-corrected chi connectivity index (χ3v) is 6.88. The van der Waals surface area contributed by atoms with Crippen molar-refractivity contribution in [3.05, 3.63) is 59.7 Å². The van der Waals surface area contributed by atoms with E-state index < -0.39 is 6.10 Å². The van der Waals surface area contributed by atoms with Crippen LogP contribution < -0.4 is 15.0 Å². The highest BCUT2D eigenvalue weighted by molar-refractivity contribution is 5.98. The largest absolute Gasteiger partial charge is 0.477 e. The van der Waals surface area contributed by atoms with E-state index in [1.54, 1.807) is 22.8 Å². The molecule has 2 heterocycles. The van der Waals surface area contributed by atoms with E-state index in [2.05, 4.69) is 11.4 Å². The first-order valence-electron chi connectivity index (χ1n) is 12.1. The van der Waals surface area contributed by atoms with Crippen molar-refractivity contribution >= 4 is 23.4 Å². The Kier molecular flexibility index (Phi) is 7.20. The number of fused-ring (bicyclic) bond motifs is 2. The van der Waals surface area contributed by atoms with Crippen molar-refractivity contribution in [2.45, 2.75) is 64.6 Å². The van der Waals surface area contributed by atoms with Crippen LogP contribution in [0.3, 0.4) is 0 Å². The molecule has 0 spiro atoms. The molecule has 0 radical (unpaired) electrons. The fourth-order valence-corrected chi connectivity index (χ4v) is 4.92. The van der Waals surface area contributed by atoms with Gasteiger partial charge >= 0.3 is 0 Å². The molecule has 0 fully saturated rings. The summed E-state index contributed by atoms with van der Waals surface area (Å²) in [7, 11) is 0. The zero-order valence-electron chi connectivity index (χ0n) is 20.1. The summed E-state index contributed by atoms with van der Waals surface area (Å²) in [6, 6.07) is 15.0. The Hall–Kier alpha value is -3.35. The lowest BCUT2D eigenvalue weighted by atomic mass is 9.90. The lowest BCUT2D eigenvalue weighted by Crippen LogP contribution is -2.53. The van der Waals surface area contributed by atoms with Gasteiger partial charge in [0.25, 0.3) is 5.91 Å². The first kappa shape index (κ1) is 23.8. The number of carbonyl (C=O) groups is 3. The highest BCUT2D eigenvalue weighted by Crippen LogP contribution is 2.37. The van der Waals surface area contributed by atoms with Gasteiger partial charge in [-0.15, -0.1) is 0 Å². The van der Waals surface area contributed by atoms with Crippen molar-refractivity contribution < 1.29 is 19.1 Å². The standard InChI is InChI=1S/C27H33N3O4/c1-4-20(5-2)28-27(33)25-17-30(22-12-8-9-13-24(22)34-25)26(32)16-23-21-11-7-6-10-19(21)14-15-29(23)18(3)31/h6-13,20,23,25H,4-5,14-17H2,1-3H3,(H,28,33). The van der Waals surface area contributed by atoms with E-state index in [0.29, 0.717) is 18.0 Å². The van der Waals surface area contributed by atoms with Crippen LogP contribution in [0.1, 0.15) is 57.2 Å². The van der Waals surface area contributed by atoms with Gasteiger partial charge in [-0.3, -0.25) is 14.4 Å². The Labute approximate surface area is 201 Å². The van der Waals surface area contributed by atoms with Gasteiger partial charge in [0.2, 0.25) is 11.8 Å². The maximum absolute atomic E-state index is 13.7. The highest BCUT2D eigenvalue weighted by Gasteiger charge is 2.37. The molecule has 2 atom stereocenters. The number of para-hydroxylation sites is 2. The molecule has 2 aromatic carbocycles. The summed E-state index contributed by atoms with van der Waals surface area (Å²) < 4.78 is 6.00. The van der Waals surface area contributed by atoms with E-state index in [9.17, 15) is 14.4 Å². The quantitative estimate of drug-likeness (QED) is 0.710. The van der Waals surface area contributed by atoms with Crippen molar-refractivity contribution in [1.29, 1.82) is 0 Å². The molecule has 2 aromatic rings. The molecule has 180 valence electrons. The molecule has 0 aromatic heterocycles. The van der Waals surface area contributed by atoms with Crippen LogP contribution in [0.5, 0.6) is 5.75 Å². The van der Waals surface area contributed by atoms with Crippen LogP contribution in [0.25, 0.3) is 0 Å². The molecule has 0 aliphatic carbocycles. The van der Waals surface area contributed by atoms with Crippen molar-refractivity contribution in [2.75, 3.05) is 18.0 Å². The minimum Gasteiger partial charge on any atom is -0.477 e. The van der Waals surface area contributed by atoms with E-state index >= 15 is 0 Å². The summed E-state index contributed by atoms with van der Waals surface area (Å²) in [5, 5.41) is 3.04. The summed E-state index contributed by atoms with van der Waals surface area (Å²) in [5.41, 5.74) is 2.84. The van der Waals surface area contributed by atoms with Gasteiger partial charge in [0.05, 0.1) is 24.7 Å². The molecule has 4 rings (SSSR count). The van der Waals surface area contributed by atoms with Gasteiger partial charge < -0.3 is 19.9 Å². The molecule has 3 amide bonds. The van der Waals surface area contributed by atoms with Crippen LogP contribution in [-0.2, 0) is 20.8 Å². The summed E-state index contributed by atoms with van der Waals surface area (Å²) >= 11 is 0. The lowest BCUT2D eigenvalue weighted by molar-refractivity contribution is -0.133. The molecule has 34 heavy (non-hydrogen) atoms. The van der Waals surface area contributed by atoms with Gasteiger partial charge in [0.1, 0.15) is 5.75 Å². The first-order chi connectivity index (χ1) is 16.4. The van der Waals surface area contributed by atoms with Crippen LogP contribution in [0.2, 0.25) is 0 Å². The fraction of sp³-hybridized carbons (Fsp3) is 0.444. The minimum absolute atomic E-state index is 0.0443. The maximum Gasteiger partial charge on any atom is 0.263 e. The third-order valence-electron chi connectivity index (χ3n) is 6.88. The average molecular weight is 464 g/mol. The normalized spacial score (nSPS) is 19.2. The van der Waals surface area contributed by atoms with E-state index in [1.807, 2.05) is 50.2 Å². The molecule has 0 bridgehead atoms. The Morgan fingerprint density at radius 3 is 2.50 bits per heavy atom. The van der Waals surface area contributed by atoms with Crippen LogP contribution in [-0.4, -0.2) is 47.9 Å². The van der Waals surface area contributed by atoms with Crippen molar-refractivity contribution in [2.24, 2.45) is 0 Å². The molecule has 0 saturated heterocycles. The van der Waals surface area contributed by atoms with E-state index in [0.717, 1.165) is 24.8 Å². The Bertz CT molecular complexity index is 1070. The molecule has 2 aliphatic rings. The van der Waals surface area contributed by atoms with Crippen LogP contribution in [0.4, 0.5) is 5.69 Å². The van der Waals surface area contributed by atoms with E-state index in [-0.39, 0.29) is 42.8 Å². The maximum atomic E-state index is 13.7. The van der Waals surface area contributed by atoms with Crippen LogP contribution in [0.15, 0.2) is 48.5 Å². The predicted molar refractivity (Wildman–Crippen MR) is 131 cm³/mol. The SMILES string of the molecule is CCC(CC)NC(=O)C1CN(C(=O)CC2c3ccccc3CCN2C(C)=O)c2ccccc2O1. The molecular formula is C27H33N3O4. The summed E-state index contributed by atoms with van der Waals surface area (Å²) in [5.74, 6) is 0.120. The number of rotatable bonds is 6. The molecule has 7 nitrogen and oxygen atoms in total. The molecule has 2 aliphatic heterocycles. The smallest absolute Gasteiger partial charge is 0.263 e. The van der Waals surface area contributed by atoms with Crippen LogP contribution >= 0.6 is 0 Å². The molecular weight excluding hydrogens is 430 g/mol.